The van der Waals surface area contributed by atoms with Crippen molar-refractivity contribution in [3.8, 4) is 0 Å². The quantitative estimate of drug-likeness (QED) is 0.656. The van der Waals surface area contributed by atoms with Gasteiger partial charge in [0.15, 0.2) is 4.90 Å². The van der Waals surface area contributed by atoms with E-state index in [2.05, 4.69) is 85.0 Å². The Morgan fingerprint density at radius 2 is 1.83 bits per heavy atom. The van der Waals surface area contributed by atoms with E-state index in [0.717, 1.165) is 0 Å². The largest absolute Gasteiger partial charge is 0.156 e. The van der Waals surface area contributed by atoms with E-state index in [1.54, 1.807) is 0 Å². The van der Waals surface area contributed by atoms with Crippen molar-refractivity contribution in [3.63, 3.8) is 0 Å². The average molecular weight is 319 g/mol. The lowest BCUT2D eigenvalue weighted by Gasteiger charge is -2.32. The lowest BCUT2D eigenvalue weighted by Crippen LogP contribution is -2.38. The van der Waals surface area contributed by atoms with Crippen LogP contribution >= 0.6 is 0 Å². The molecule has 0 aromatic heterocycles. The lowest BCUT2D eigenvalue weighted by molar-refractivity contribution is 0.571. The maximum absolute atomic E-state index is 2.48. The minimum atomic E-state index is 0.221. The molecule has 3 aliphatic rings. The zero-order valence-electron chi connectivity index (χ0n) is 13.3. The highest BCUT2D eigenvalue weighted by molar-refractivity contribution is 7.98. The van der Waals surface area contributed by atoms with Gasteiger partial charge in [-0.2, -0.15) is 0 Å². The van der Waals surface area contributed by atoms with Gasteiger partial charge in [0.25, 0.3) is 0 Å². The van der Waals surface area contributed by atoms with E-state index in [1.807, 2.05) is 0 Å². The van der Waals surface area contributed by atoms with Gasteiger partial charge in [-0.05, 0) is 42.7 Å². The number of rotatable bonds is 3. The van der Waals surface area contributed by atoms with E-state index in [0.29, 0.717) is 16.4 Å². The van der Waals surface area contributed by atoms with Crippen molar-refractivity contribution in [1.82, 2.24) is 0 Å². The van der Waals surface area contributed by atoms with Crippen LogP contribution in [-0.4, -0.2) is 10.5 Å². The predicted molar refractivity (Wildman–Crippen MR) is 102 cm³/mol. The van der Waals surface area contributed by atoms with Crippen LogP contribution in [0.25, 0.3) is 0 Å². The van der Waals surface area contributed by atoms with Crippen molar-refractivity contribution in [2.24, 2.45) is 5.92 Å². The molecule has 4 rings (SSSR count). The summed E-state index contributed by atoms with van der Waals surface area (Å²) in [4.78, 5) is 1.52. The third kappa shape index (κ3) is 3.03. The smallest absolute Gasteiger partial charge is 0.0842 e. The number of hydrogen-bond acceptors (Lipinski definition) is 0. The summed E-state index contributed by atoms with van der Waals surface area (Å²) < 4.78 is 0. The first-order valence-electron chi connectivity index (χ1n) is 8.59. The highest BCUT2D eigenvalue weighted by Crippen LogP contribution is 2.40. The van der Waals surface area contributed by atoms with Gasteiger partial charge in [-0.1, -0.05) is 60.7 Å². The number of benzene rings is 1. The zero-order chi connectivity index (χ0) is 15.5. The summed E-state index contributed by atoms with van der Waals surface area (Å²) in [6.45, 7) is 0. The first-order valence-corrected chi connectivity index (χ1v) is 9.94. The fraction of sp³-hybridized carbons (Fsp3) is 0.273. The summed E-state index contributed by atoms with van der Waals surface area (Å²) >= 11 is 0. The molecular weight excluding hydrogens is 296 g/mol. The lowest BCUT2D eigenvalue weighted by atomic mass is 9.83. The first-order chi connectivity index (χ1) is 11.4. The van der Waals surface area contributed by atoms with E-state index < -0.39 is 0 Å². The molecule has 1 aromatic carbocycles. The van der Waals surface area contributed by atoms with E-state index in [1.165, 1.54) is 29.7 Å². The number of fused-ring (bicyclic) bond motifs is 1. The molecule has 0 amide bonds. The maximum atomic E-state index is 2.48. The van der Waals surface area contributed by atoms with Gasteiger partial charge in [-0.25, -0.2) is 0 Å². The highest BCUT2D eigenvalue weighted by Gasteiger charge is 2.44. The van der Waals surface area contributed by atoms with Crippen LogP contribution < -0.4 is 0 Å². The minimum Gasteiger partial charge on any atom is -0.0842 e. The summed E-state index contributed by atoms with van der Waals surface area (Å²) in [6, 6.07) is 11.2. The molecule has 1 aromatic rings. The maximum Gasteiger partial charge on any atom is 0.156 e. The van der Waals surface area contributed by atoms with Gasteiger partial charge in [0.1, 0.15) is 10.5 Å². The average Bonchev–Trinajstić information content (AvgIpc) is 2.64. The van der Waals surface area contributed by atoms with Gasteiger partial charge in [-0.3, -0.25) is 0 Å². The summed E-state index contributed by atoms with van der Waals surface area (Å²) in [6.07, 6.45) is 24.6. The Kier molecular flexibility index (Phi) is 4.39. The summed E-state index contributed by atoms with van der Waals surface area (Å²) in [5, 5.41) is 1.26. The molecule has 0 N–H and O–H groups in total. The van der Waals surface area contributed by atoms with Crippen LogP contribution in [0.5, 0.6) is 0 Å². The van der Waals surface area contributed by atoms with Gasteiger partial charge in [0.05, 0.1) is 0 Å². The Hall–Kier alpha value is -1.73. The molecule has 4 unspecified atom stereocenters. The molecule has 116 valence electrons. The second-order valence-electron chi connectivity index (χ2n) is 6.37. The normalized spacial score (nSPS) is 29.9. The molecule has 0 saturated heterocycles. The molecule has 23 heavy (non-hydrogen) atoms. The minimum absolute atomic E-state index is 0.221. The SMILES string of the molecule is C1=CCC([S+](c2ccccc2)C2C=CC=C3C=CCCC32)C=C1. The molecule has 0 nitrogen and oxygen atoms in total. The molecule has 0 spiro atoms. The zero-order valence-corrected chi connectivity index (χ0v) is 14.2. The first kappa shape index (κ1) is 14.8. The van der Waals surface area contributed by atoms with Crippen LogP contribution in [-0.2, 0) is 10.9 Å². The van der Waals surface area contributed by atoms with Crippen molar-refractivity contribution in [2.75, 3.05) is 0 Å². The van der Waals surface area contributed by atoms with Crippen LogP contribution in [0, 0.1) is 5.92 Å². The second kappa shape index (κ2) is 6.80. The van der Waals surface area contributed by atoms with Crippen molar-refractivity contribution < 1.29 is 0 Å². The Morgan fingerprint density at radius 1 is 0.913 bits per heavy atom. The number of allylic oxidation sites excluding steroid dienone is 8. The van der Waals surface area contributed by atoms with E-state index in [4.69, 9.17) is 0 Å². The van der Waals surface area contributed by atoms with E-state index in [-0.39, 0.29) is 10.9 Å². The van der Waals surface area contributed by atoms with Crippen molar-refractivity contribution in [3.05, 3.63) is 90.6 Å². The Balaban J connectivity index is 1.72. The fourth-order valence-corrected chi connectivity index (χ4v) is 6.87. The van der Waals surface area contributed by atoms with Gasteiger partial charge in [0, 0.05) is 23.2 Å². The molecule has 0 saturated carbocycles. The summed E-state index contributed by atoms with van der Waals surface area (Å²) in [5.41, 5.74) is 1.53. The highest BCUT2D eigenvalue weighted by atomic mass is 32.2. The van der Waals surface area contributed by atoms with Crippen molar-refractivity contribution in [1.29, 1.82) is 0 Å². The molecule has 0 radical (unpaired) electrons. The Labute approximate surface area is 142 Å². The Morgan fingerprint density at radius 3 is 2.65 bits per heavy atom. The molecule has 0 heterocycles. The van der Waals surface area contributed by atoms with Gasteiger partial charge in [0.2, 0.25) is 0 Å². The topological polar surface area (TPSA) is 0 Å². The molecule has 0 bridgehead atoms. The summed E-state index contributed by atoms with van der Waals surface area (Å²) in [7, 11) is 0.221. The van der Waals surface area contributed by atoms with Crippen molar-refractivity contribution >= 4 is 10.9 Å². The van der Waals surface area contributed by atoms with Crippen LogP contribution in [0.2, 0.25) is 0 Å². The van der Waals surface area contributed by atoms with Crippen LogP contribution in [0.1, 0.15) is 19.3 Å². The van der Waals surface area contributed by atoms with E-state index in [9.17, 15) is 0 Å². The van der Waals surface area contributed by atoms with Gasteiger partial charge < -0.3 is 0 Å². The van der Waals surface area contributed by atoms with Crippen LogP contribution in [0.15, 0.2) is 95.5 Å². The predicted octanol–water partition coefficient (Wildman–Crippen LogP) is 5.38. The third-order valence-electron chi connectivity index (χ3n) is 4.94. The van der Waals surface area contributed by atoms with Gasteiger partial charge >= 0.3 is 0 Å². The monoisotopic (exact) mass is 319 g/mol. The molecule has 4 atom stereocenters. The standard InChI is InChI=1S/C22H23S/c1-3-12-19(13-4-1)23(20-14-5-2-6-15-20)22-17-9-11-18-10-7-8-16-21(18)22/h1-7,9-14,17,20-22H,8,15-16H2/q+1. The molecule has 1 heteroatoms. The van der Waals surface area contributed by atoms with Crippen LogP contribution in [0.3, 0.4) is 0 Å². The third-order valence-corrected chi connectivity index (χ3v) is 7.84. The summed E-state index contributed by atoms with van der Waals surface area (Å²) in [5.74, 6) is 0.688. The van der Waals surface area contributed by atoms with Crippen molar-refractivity contribution in [2.45, 2.75) is 34.7 Å². The van der Waals surface area contributed by atoms with Gasteiger partial charge in [-0.15, -0.1) is 0 Å². The molecule has 3 aliphatic carbocycles. The Bertz CT molecular complexity index is 690. The molecule has 0 fully saturated rings. The fourth-order valence-electron chi connectivity index (χ4n) is 3.85. The second-order valence-corrected chi connectivity index (χ2v) is 8.74. The van der Waals surface area contributed by atoms with Crippen LogP contribution in [0.4, 0.5) is 0 Å². The number of hydrogen-bond donors (Lipinski definition) is 0. The molecule has 0 aliphatic heterocycles. The molecular formula is C22H23S+. The van der Waals surface area contributed by atoms with E-state index >= 15 is 0 Å².